The number of nitrogens with zero attached hydrogens (tertiary/aromatic N) is 3. The number of nitrogens with one attached hydrogen (secondary N) is 2. The minimum absolute atomic E-state index is 0.0783. The zero-order valence-electron chi connectivity index (χ0n) is 18.5. The normalized spacial score (nSPS) is 16.0. The van der Waals surface area contributed by atoms with Crippen LogP contribution in [-0.4, -0.2) is 46.8 Å². The zero-order valence-corrected chi connectivity index (χ0v) is 19.3. The molecule has 4 aromatic rings. The van der Waals surface area contributed by atoms with Crippen molar-refractivity contribution in [3.05, 3.63) is 72.7 Å². The molecule has 2 aromatic carbocycles. The Morgan fingerprint density at radius 2 is 1.66 bits per heavy atom. The summed E-state index contributed by atoms with van der Waals surface area (Å²) in [7, 11) is -3.66. The Labute approximate surface area is 200 Å². The van der Waals surface area contributed by atoms with E-state index in [1.54, 1.807) is 30.6 Å². The molecule has 1 aliphatic rings. The predicted octanol–water partition coefficient (Wildman–Crippen LogP) is 4.91. The van der Waals surface area contributed by atoms with E-state index in [4.69, 9.17) is 0 Å². The number of rotatable bonds is 5. The first kappa shape index (κ1) is 23.3. The van der Waals surface area contributed by atoms with Gasteiger partial charge in [0.25, 0.3) is 0 Å². The van der Waals surface area contributed by atoms with E-state index in [0.29, 0.717) is 31.7 Å². The number of aromatic amines is 1. The van der Waals surface area contributed by atoms with Gasteiger partial charge in [0.2, 0.25) is 10.0 Å². The summed E-state index contributed by atoms with van der Waals surface area (Å²) in [4.78, 5) is 11.3. The van der Waals surface area contributed by atoms with Gasteiger partial charge in [0, 0.05) is 25.3 Å². The summed E-state index contributed by atoms with van der Waals surface area (Å²) in [5.74, 6) is 0.336. The largest absolute Gasteiger partial charge is 0.417 e. The molecular weight excluding hydrogens is 479 g/mol. The van der Waals surface area contributed by atoms with Crippen molar-refractivity contribution in [3.63, 3.8) is 0 Å². The zero-order chi connectivity index (χ0) is 24.6. The number of sulfonamides is 1. The van der Waals surface area contributed by atoms with Gasteiger partial charge in [0.05, 0.1) is 27.8 Å². The molecule has 2 N–H and O–H groups in total. The standard InChI is InChI=1S/C24H22F3N5O2S/c25-24(26,27)18-4-8-23(28-14-18)31-19-9-11-32(12-10-19)35(33,34)20-5-1-16(2-6-20)17-3-7-21-22(13-17)30-15-29-21/h1-8,13-15,19H,9-12H2,(H,28,31)(H,29,30). The van der Waals surface area contributed by atoms with Crippen LogP contribution in [0.1, 0.15) is 18.4 Å². The van der Waals surface area contributed by atoms with Crippen molar-refractivity contribution in [2.24, 2.45) is 0 Å². The molecule has 2 aromatic heterocycles. The van der Waals surface area contributed by atoms with Crippen LogP contribution in [0.3, 0.4) is 0 Å². The fourth-order valence-corrected chi connectivity index (χ4v) is 5.65. The van der Waals surface area contributed by atoms with Crippen molar-refractivity contribution in [3.8, 4) is 11.1 Å². The molecule has 0 unspecified atom stereocenters. The van der Waals surface area contributed by atoms with E-state index in [9.17, 15) is 21.6 Å². The SMILES string of the molecule is O=S(=O)(c1ccc(-c2ccc3nc[nH]c3c2)cc1)N1CCC(Nc2ccc(C(F)(F)F)cn2)CC1. The molecule has 0 amide bonds. The van der Waals surface area contributed by atoms with E-state index in [1.807, 2.05) is 18.2 Å². The second-order valence-corrected chi connectivity index (χ2v) is 10.3. The van der Waals surface area contributed by atoms with E-state index in [1.165, 1.54) is 10.4 Å². The Balaban J connectivity index is 1.22. The second kappa shape index (κ2) is 8.97. The Morgan fingerprint density at radius 1 is 0.943 bits per heavy atom. The van der Waals surface area contributed by atoms with Crippen LogP contribution in [0.4, 0.5) is 19.0 Å². The highest BCUT2D eigenvalue weighted by Gasteiger charge is 2.32. The monoisotopic (exact) mass is 501 g/mol. The summed E-state index contributed by atoms with van der Waals surface area (Å²) in [6.07, 6.45) is -0.980. The fraction of sp³-hybridized carbons (Fsp3) is 0.250. The fourth-order valence-electron chi connectivity index (χ4n) is 4.18. The van der Waals surface area contributed by atoms with E-state index >= 15 is 0 Å². The number of anilines is 1. The summed E-state index contributed by atoms with van der Waals surface area (Å²) < 4.78 is 65.8. The van der Waals surface area contributed by atoms with Crippen molar-refractivity contribution < 1.29 is 21.6 Å². The third kappa shape index (κ3) is 4.87. The van der Waals surface area contributed by atoms with Crippen molar-refractivity contribution in [1.82, 2.24) is 19.3 Å². The molecule has 0 aliphatic carbocycles. The highest BCUT2D eigenvalue weighted by Crippen LogP contribution is 2.30. The van der Waals surface area contributed by atoms with Gasteiger partial charge in [-0.3, -0.25) is 0 Å². The van der Waals surface area contributed by atoms with E-state index in [2.05, 4.69) is 20.3 Å². The van der Waals surface area contributed by atoms with Crippen LogP contribution in [0.5, 0.6) is 0 Å². The number of benzene rings is 2. The minimum atomic E-state index is -4.43. The lowest BCUT2D eigenvalue weighted by Crippen LogP contribution is -2.42. The molecule has 1 saturated heterocycles. The van der Waals surface area contributed by atoms with Crippen LogP contribution in [0, 0.1) is 0 Å². The Kier molecular flexibility index (Phi) is 5.97. The topological polar surface area (TPSA) is 91.0 Å². The van der Waals surface area contributed by atoms with Gasteiger partial charge in [-0.15, -0.1) is 0 Å². The maximum absolute atomic E-state index is 13.1. The van der Waals surface area contributed by atoms with Gasteiger partial charge in [0.1, 0.15) is 5.82 Å². The molecule has 0 radical (unpaired) electrons. The second-order valence-electron chi connectivity index (χ2n) is 8.41. The lowest BCUT2D eigenvalue weighted by atomic mass is 10.1. The molecule has 0 spiro atoms. The van der Waals surface area contributed by atoms with Crippen molar-refractivity contribution in [2.75, 3.05) is 18.4 Å². The molecule has 0 saturated carbocycles. The maximum Gasteiger partial charge on any atom is 0.417 e. The summed E-state index contributed by atoms with van der Waals surface area (Å²) >= 11 is 0. The third-order valence-corrected chi connectivity index (χ3v) is 8.06. The number of piperidine rings is 1. The van der Waals surface area contributed by atoms with E-state index in [0.717, 1.165) is 34.4 Å². The molecule has 0 bridgehead atoms. The Hall–Kier alpha value is -3.44. The molecule has 182 valence electrons. The molecule has 1 fully saturated rings. The van der Waals surface area contributed by atoms with Gasteiger partial charge < -0.3 is 10.3 Å². The van der Waals surface area contributed by atoms with Gasteiger partial charge in [-0.1, -0.05) is 18.2 Å². The maximum atomic E-state index is 13.1. The van der Waals surface area contributed by atoms with E-state index in [-0.39, 0.29) is 10.9 Å². The summed E-state index contributed by atoms with van der Waals surface area (Å²) in [6, 6.07) is 14.8. The van der Waals surface area contributed by atoms with Crippen molar-refractivity contribution >= 4 is 26.9 Å². The van der Waals surface area contributed by atoms with Crippen molar-refractivity contribution in [1.29, 1.82) is 0 Å². The van der Waals surface area contributed by atoms with Crippen LogP contribution < -0.4 is 5.32 Å². The lowest BCUT2D eigenvalue weighted by Gasteiger charge is -2.32. The van der Waals surface area contributed by atoms with Gasteiger partial charge >= 0.3 is 6.18 Å². The number of pyridine rings is 1. The van der Waals surface area contributed by atoms with Crippen LogP contribution in [0.25, 0.3) is 22.2 Å². The molecule has 35 heavy (non-hydrogen) atoms. The number of imidazole rings is 1. The predicted molar refractivity (Wildman–Crippen MR) is 126 cm³/mol. The van der Waals surface area contributed by atoms with Crippen LogP contribution in [-0.2, 0) is 16.2 Å². The lowest BCUT2D eigenvalue weighted by molar-refractivity contribution is -0.137. The number of aromatic nitrogens is 3. The quantitative estimate of drug-likeness (QED) is 0.406. The number of halogens is 3. The van der Waals surface area contributed by atoms with Crippen LogP contribution in [0.15, 0.2) is 72.0 Å². The number of fused-ring (bicyclic) bond motifs is 1. The van der Waals surface area contributed by atoms with Gasteiger partial charge in [-0.25, -0.2) is 18.4 Å². The van der Waals surface area contributed by atoms with Crippen LogP contribution in [0.2, 0.25) is 0 Å². The highest BCUT2D eigenvalue weighted by molar-refractivity contribution is 7.89. The van der Waals surface area contributed by atoms with Gasteiger partial charge in [0.15, 0.2) is 0 Å². The summed E-state index contributed by atoms with van der Waals surface area (Å²) in [5.41, 5.74) is 2.81. The van der Waals surface area contributed by atoms with Crippen molar-refractivity contribution in [2.45, 2.75) is 30.0 Å². The first-order chi connectivity index (χ1) is 16.7. The number of H-pyrrole nitrogens is 1. The minimum Gasteiger partial charge on any atom is -0.367 e. The van der Waals surface area contributed by atoms with Gasteiger partial charge in [-0.2, -0.15) is 17.5 Å². The smallest absolute Gasteiger partial charge is 0.367 e. The third-order valence-electron chi connectivity index (χ3n) is 6.14. The molecule has 7 nitrogen and oxygen atoms in total. The Bertz CT molecular complexity index is 1430. The molecule has 0 atom stereocenters. The molecule has 1 aliphatic heterocycles. The summed E-state index contributed by atoms with van der Waals surface area (Å²) in [5, 5.41) is 3.10. The summed E-state index contributed by atoms with van der Waals surface area (Å²) in [6.45, 7) is 0.609. The first-order valence-corrected chi connectivity index (χ1v) is 12.5. The molecular formula is C24H22F3N5O2S. The first-order valence-electron chi connectivity index (χ1n) is 11.0. The molecule has 11 heteroatoms. The molecule has 5 rings (SSSR count). The van der Waals surface area contributed by atoms with E-state index < -0.39 is 21.8 Å². The highest BCUT2D eigenvalue weighted by atomic mass is 32.2. The average molecular weight is 502 g/mol. The number of hydrogen-bond acceptors (Lipinski definition) is 5. The average Bonchev–Trinajstić information content (AvgIpc) is 3.32. The number of hydrogen-bond donors (Lipinski definition) is 2. The van der Waals surface area contributed by atoms with Crippen LogP contribution >= 0.6 is 0 Å². The van der Waals surface area contributed by atoms with Gasteiger partial charge in [-0.05, 0) is 60.4 Å². The number of alkyl halides is 3. The molecule has 3 heterocycles. The Morgan fingerprint density at radius 3 is 2.31 bits per heavy atom.